The fourth-order valence-electron chi connectivity index (χ4n) is 2.06. The lowest BCUT2D eigenvalue weighted by Gasteiger charge is -2.14. The first-order chi connectivity index (χ1) is 8.13. The Morgan fingerprint density at radius 2 is 1.71 bits per heavy atom. The van der Waals surface area contributed by atoms with Crippen LogP contribution < -0.4 is 5.32 Å². The molecule has 0 aliphatic rings. The van der Waals surface area contributed by atoms with Crippen molar-refractivity contribution in [1.82, 2.24) is 5.32 Å². The minimum atomic E-state index is 0.592. The van der Waals surface area contributed by atoms with Gasteiger partial charge in [0.1, 0.15) is 0 Å². The molecular weight excluding hydrogens is 206 g/mol. The highest BCUT2D eigenvalue weighted by atomic mass is 14.9. The van der Waals surface area contributed by atoms with E-state index in [1.165, 1.54) is 30.4 Å². The summed E-state index contributed by atoms with van der Waals surface area (Å²) in [6.45, 7) is 10.1. The molecule has 17 heavy (non-hydrogen) atoms. The number of benzene rings is 1. The molecule has 0 saturated carbocycles. The first kappa shape index (κ1) is 14.2. The summed E-state index contributed by atoms with van der Waals surface area (Å²) >= 11 is 0. The molecule has 1 rings (SSSR count). The maximum atomic E-state index is 3.48. The lowest BCUT2D eigenvalue weighted by molar-refractivity contribution is 0.541. The Morgan fingerprint density at radius 3 is 2.24 bits per heavy atom. The van der Waals surface area contributed by atoms with E-state index in [1.54, 1.807) is 0 Å². The normalized spacial score (nSPS) is 13.0. The summed E-state index contributed by atoms with van der Waals surface area (Å²) in [6.07, 6.45) is 3.64. The molecule has 0 aliphatic heterocycles. The van der Waals surface area contributed by atoms with Crippen molar-refractivity contribution in [2.24, 2.45) is 0 Å². The number of rotatable bonds is 7. The third-order valence-corrected chi connectivity index (χ3v) is 3.22. The second kappa shape index (κ2) is 7.50. The molecule has 1 atom stereocenters. The Labute approximate surface area is 107 Å². The van der Waals surface area contributed by atoms with Crippen molar-refractivity contribution in [1.29, 1.82) is 0 Å². The van der Waals surface area contributed by atoms with Gasteiger partial charge in [-0.1, -0.05) is 58.4 Å². The second-order valence-electron chi connectivity index (χ2n) is 5.29. The van der Waals surface area contributed by atoms with Crippen LogP contribution in [0.5, 0.6) is 0 Å². The average molecular weight is 233 g/mol. The minimum Gasteiger partial charge on any atom is -0.315 e. The standard InChI is InChI=1S/C16H27N/c1-5-6-15-7-9-16(10-8-15)14(4)11-12-17-13(2)3/h7-10,13-14,17H,5-6,11-12H2,1-4H3. The highest BCUT2D eigenvalue weighted by molar-refractivity contribution is 5.25. The van der Waals surface area contributed by atoms with Crippen LogP contribution in [0.2, 0.25) is 0 Å². The molecule has 0 aliphatic carbocycles. The van der Waals surface area contributed by atoms with E-state index in [0.717, 1.165) is 6.54 Å². The quantitative estimate of drug-likeness (QED) is 0.746. The third-order valence-electron chi connectivity index (χ3n) is 3.22. The summed E-state index contributed by atoms with van der Waals surface area (Å²) in [5.74, 6) is 0.650. The molecule has 0 saturated heterocycles. The van der Waals surface area contributed by atoms with Gasteiger partial charge < -0.3 is 5.32 Å². The summed E-state index contributed by atoms with van der Waals surface area (Å²) in [4.78, 5) is 0. The zero-order valence-electron chi connectivity index (χ0n) is 11.8. The molecule has 0 bridgehead atoms. The molecule has 0 heterocycles. The molecule has 0 radical (unpaired) electrons. The molecular formula is C16H27N. The topological polar surface area (TPSA) is 12.0 Å². The monoisotopic (exact) mass is 233 g/mol. The molecule has 1 aromatic carbocycles. The Bertz CT molecular complexity index is 300. The van der Waals surface area contributed by atoms with Gasteiger partial charge >= 0.3 is 0 Å². The number of hydrogen-bond donors (Lipinski definition) is 1. The van der Waals surface area contributed by atoms with Crippen molar-refractivity contribution in [2.45, 2.75) is 58.9 Å². The first-order valence-electron chi connectivity index (χ1n) is 6.95. The molecule has 1 heteroatoms. The Hall–Kier alpha value is -0.820. The van der Waals surface area contributed by atoms with Crippen LogP contribution in [-0.2, 0) is 6.42 Å². The van der Waals surface area contributed by atoms with E-state index in [0.29, 0.717) is 12.0 Å². The van der Waals surface area contributed by atoms with Crippen LogP contribution in [0.3, 0.4) is 0 Å². The van der Waals surface area contributed by atoms with E-state index in [-0.39, 0.29) is 0 Å². The molecule has 1 N–H and O–H groups in total. The van der Waals surface area contributed by atoms with Gasteiger partial charge in [0.25, 0.3) is 0 Å². The molecule has 0 spiro atoms. The summed E-state index contributed by atoms with van der Waals surface area (Å²) in [7, 11) is 0. The summed E-state index contributed by atoms with van der Waals surface area (Å²) < 4.78 is 0. The average Bonchev–Trinajstić information content (AvgIpc) is 2.30. The Morgan fingerprint density at radius 1 is 1.06 bits per heavy atom. The van der Waals surface area contributed by atoms with Crippen molar-refractivity contribution < 1.29 is 0 Å². The molecule has 0 amide bonds. The van der Waals surface area contributed by atoms with Gasteiger partial charge in [0, 0.05) is 6.04 Å². The maximum absolute atomic E-state index is 3.48. The van der Waals surface area contributed by atoms with Gasteiger partial charge in [-0.15, -0.1) is 0 Å². The number of nitrogens with one attached hydrogen (secondary N) is 1. The van der Waals surface area contributed by atoms with Crippen LogP contribution in [0.1, 0.15) is 57.6 Å². The van der Waals surface area contributed by atoms with Crippen molar-refractivity contribution in [3.8, 4) is 0 Å². The predicted molar refractivity (Wildman–Crippen MR) is 76.6 cm³/mol. The van der Waals surface area contributed by atoms with Gasteiger partial charge in [0.05, 0.1) is 0 Å². The van der Waals surface area contributed by atoms with E-state index in [1.807, 2.05) is 0 Å². The molecule has 0 aromatic heterocycles. The van der Waals surface area contributed by atoms with Crippen LogP contribution in [0.15, 0.2) is 24.3 Å². The number of hydrogen-bond acceptors (Lipinski definition) is 1. The fourth-order valence-corrected chi connectivity index (χ4v) is 2.06. The summed E-state index contributed by atoms with van der Waals surface area (Å²) in [5.41, 5.74) is 2.93. The largest absolute Gasteiger partial charge is 0.315 e. The van der Waals surface area contributed by atoms with Crippen LogP contribution >= 0.6 is 0 Å². The predicted octanol–water partition coefficient (Wildman–Crippen LogP) is 4.13. The summed E-state index contributed by atoms with van der Waals surface area (Å²) in [5, 5.41) is 3.48. The smallest absolute Gasteiger partial charge is 0.00103 e. The van der Waals surface area contributed by atoms with Crippen molar-refractivity contribution in [3.05, 3.63) is 35.4 Å². The zero-order valence-corrected chi connectivity index (χ0v) is 11.8. The molecule has 1 aromatic rings. The van der Waals surface area contributed by atoms with Crippen molar-refractivity contribution in [3.63, 3.8) is 0 Å². The van der Waals surface area contributed by atoms with E-state index < -0.39 is 0 Å². The third kappa shape index (κ3) is 5.36. The van der Waals surface area contributed by atoms with Crippen LogP contribution in [0.4, 0.5) is 0 Å². The lowest BCUT2D eigenvalue weighted by atomic mass is 9.96. The van der Waals surface area contributed by atoms with Gasteiger partial charge in [-0.05, 0) is 36.4 Å². The van der Waals surface area contributed by atoms with Crippen LogP contribution in [0.25, 0.3) is 0 Å². The minimum absolute atomic E-state index is 0.592. The maximum Gasteiger partial charge on any atom is 0.00103 e. The summed E-state index contributed by atoms with van der Waals surface area (Å²) in [6, 6.07) is 9.75. The Balaban J connectivity index is 2.43. The first-order valence-corrected chi connectivity index (χ1v) is 6.95. The van der Waals surface area contributed by atoms with Crippen LogP contribution in [0, 0.1) is 0 Å². The van der Waals surface area contributed by atoms with Crippen molar-refractivity contribution in [2.75, 3.05) is 6.54 Å². The molecule has 0 fully saturated rings. The highest BCUT2D eigenvalue weighted by Crippen LogP contribution is 2.19. The van der Waals surface area contributed by atoms with E-state index in [2.05, 4.69) is 57.3 Å². The van der Waals surface area contributed by atoms with Gasteiger partial charge in [0.2, 0.25) is 0 Å². The van der Waals surface area contributed by atoms with E-state index >= 15 is 0 Å². The molecule has 96 valence electrons. The SMILES string of the molecule is CCCc1ccc(C(C)CCNC(C)C)cc1. The Kier molecular flexibility index (Phi) is 6.28. The van der Waals surface area contributed by atoms with E-state index in [4.69, 9.17) is 0 Å². The van der Waals surface area contributed by atoms with Gasteiger partial charge in [-0.2, -0.15) is 0 Å². The fraction of sp³-hybridized carbons (Fsp3) is 0.625. The van der Waals surface area contributed by atoms with Crippen LogP contribution in [-0.4, -0.2) is 12.6 Å². The highest BCUT2D eigenvalue weighted by Gasteiger charge is 2.05. The van der Waals surface area contributed by atoms with Gasteiger partial charge in [-0.25, -0.2) is 0 Å². The van der Waals surface area contributed by atoms with Gasteiger partial charge in [-0.3, -0.25) is 0 Å². The van der Waals surface area contributed by atoms with Gasteiger partial charge in [0.15, 0.2) is 0 Å². The van der Waals surface area contributed by atoms with E-state index in [9.17, 15) is 0 Å². The lowest BCUT2D eigenvalue weighted by Crippen LogP contribution is -2.24. The molecule has 1 unspecified atom stereocenters. The van der Waals surface area contributed by atoms with Crippen molar-refractivity contribution >= 4 is 0 Å². The zero-order chi connectivity index (χ0) is 12.7. The number of aryl methyl sites for hydroxylation is 1. The second-order valence-corrected chi connectivity index (χ2v) is 5.29. The molecule has 1 nitrogen and oxygen atoms in total.